The molecule has 1 aliphatic rings. The molecule has 0 spiro atoms. The number of nitrogens with two attached hydrogens (primary N) is 1. The van der Waals surface area contributed by atoms with Gasteiger partial charge in [0.25, 0.3) is 0 Å². The zero-order valence-corrected chi connectivity index (χ0v) is 13.9. The average molecular weight is 342 g/mol. The first-order chi connectivity index (χ1) is 12.0. The van der Waals surface area contributed by atoms with E-state index in [9.17, 15) is 14.6 Å². The lowest BCUT2D eigenvalue weighted by Gasteiger charge is -2.28. The number of ketones is 2. The summed E-state index contributed by atoms with van der Waals surface area (Å²) in [5.41, 5.74) is 7.50. The lowest BCUT2D eigenvalue weighted by molar-refractivity contribution is -0.120. The van der Waals surface area contributed by atoms with Gasteiger partial charge in [-0.05, 0) is 25.0 Å². The largest absolute Gasteiger partial charge is 0.535 e. The maximum absolute atomic E-state index is 12.3. The average Bonchev–Trinajstić information content (AvgIpc) is 3.01. The summed E-state index contributed by atoms with van der Waals surface area (Å²) in [7, 11) is -1.14. The predicted octanol–water partition coefficient (Wildman–Crippen LogP) is 0.384. The van der Waals surface area contributed by atoms with Crippen molar-refractivity contribution in [3.8, 4) is 5.75 Å². The summed E-state index contributed by atoms with van der Waals surface area (Å²) in [6, 6.07) is 5.28. The van der Waals surface area contributed by atoms with Gasteiger partial charge in [-0.25, -0.2) is 4.68 Å². The standard InChI is InChI=1S/C16H19BN4O4/c1-10(22)15-4-2-3-11-5-12(17(24)25-16(11)15)6-14(23)9-21-13(7-18)8-19-20-21/h2-4,8,12,24H,5-7,9,18H2,1H3/t12-/m1/s1. The highest BCUT2D eigenvalue weighted by Crippen LogP contribution is 2.36. The van der Waals surface area contributed by atoms with Crippen molar-refractivity contribution in [2.24, 2.45) is 5.73 Å². The summed E-state index contributed by atoms with van der Waals surface area (Å²) in [6.07, 6.45) is 2.12. The number of para-hydroxylation sites is 1. The molecule has 1 aromatic carbocycles. The van der Waals surface area contributed by atoms with Gasteiger partial charge in [-0.15, -0.1) is 5.10 Å². The molecular formula is C16H19BN4O4. The van der Waals surface area contributed by atoms with Crippen LogP contribution in [0.1, 0.15) is 35.0 Å². The van der Waals surface area contributed by atoms with Crippen LogP contribution in [0.2, 0.25) is 5.82 Å². The molecule has 3 rings (SSSR count). The van der Waals surface area contributed by atoms with Crippen molar-refractivity contribution in [1.29, 1.82) is 0 Å². The molecule has 9 heteroatoms. The van der Waals surface area contributed by atoms with Crippen molar-refractivity contribution in [3.05, 3.63) is 41.2 Å². The quantitative estimate of drug-likeness (QED) is 0.575. The number of aromatic nitrogens is 3. The Morgan fingerprint density at radius 3 is 3.00 bits per heavy atom. The monoisotopic (exact) mass is 342 g/mol. The zero-order valence-electron chi connectivity index (χ0n) is 13.9. The Labute approximate surface area is 145 Å². The maximum atomic E-state index is 12.3. The Kier molecular flexibility index (Phi) is 4.96. The van der Waals surface area contributed by atoms with Gasteiger partial charge >= 0.3 is 7.12 Å². The van der Waals surface area contributed by atoms with Crippen LogP contribution in [0.5, 0.6) is 5.75 Å². The van der Waals surface area contributed by atoms with Crippen LogP contribution in [0.15, 0.2) is 24.4 Å². The molecule has 0 unspecified atom stereocenters. The number of benzene rings is 1. The van der Waals surface area contributed by atoms with Gasteiger partial charge in [0.05, 0.1) is 17.5 Å². The molecule has 8 nitrogen and oxygen atoms in total. The minimum atomic E-state index is -1.14. The smallest absolute Gasteiger partial charge is 0.526 e. The van der Waals surface area contributed by atoms with E-state index >= 15 is 0 Å². The molecule has 0 amide bonds. The van der Waals surface area contributed by atoms with Crippen LogP contribution in [0, 0.1) is 0 Å². The molecule has 3 N–H and O–H groups in total. The molecule has 2 heterocycles. The fraction of sp³-hybridized carbons (Fsp3) is 0.375. The highest BCUT2D eigenvalue weighted by atomic mass is 16.5. The molecule has 130 valence electrons. The van der Waals surface area contributed by atoms with Crippen LogP contribution in [-0.2, 0) is 24.3 Å². The van der Waals surface area contributed by atoms with E-state index in [1.165, 1.54) is 17.8 Å². The van der Waals surface area contributed by atoms with E-state index in [1.807, 2.05) is 6.07 Å². The molecule has 25 heavy (non-hydrogen) atoms. The minimum absolute atomic E-state index is 0.0517. The molecule has 2 aromatic rings. The molecule has 0 saturated heterocycles. The molecule has 1 atom stereocenters. The number of carbonyl (C=O) groups is 2. The topological polar surface area (TPSA) is 120 Å². The fourth-order valence-electron chi connectivity index (χ4n) is 3.03. The van der Waals surface area contributed by atoms with Crippen LogP contribution in [0.3, 0.4) is 0 Å². The number of rotatable bonds is 6. The second-order valence-electron chi connectivity index (χ2n) is 6.15. The SMILES string of the molecule is CC(=O)c1cccc2c1OB(O)[C@@H](CC(=O)Cn1nncc1CN)C2. The van der Waals surface area contributed by atoms with E-state index in [0.29, 0.717) is 23.4 Å². The Hall–Kier alpha value is -2.52. The highest BCUT2D eigenvalue weighted by Gasteiger charge is 2.37. The summed E-state index contributed by atoms with van der Waals surface area (Å²) < 4.78 is 7.00. The summed E-state index contributed by atoms with van der Waals surface area (Å²) in [6.45, 7) is 1.75. The van der Waals surface area contributed by atoms with Gasteiger partial charge in [0.1, 0.15) is 12.3 Å². The third-order valence-corrected chi connectivity index (χ3v) is 4.32. The molecular weight excluding hydrogens is 323 g/mol. The van der Waals surface area contributed by atoms with Gasteiger partial charge in [0, 0.05) is 18.8 Å². The Balaban J connectivity index is 1.71. The van der Waals surface area contributed by atoms with E-state index in [4.69, 9.17) is 10.4 Å². The van der Waals surface area contributed by atoms with Crippen LogP contribution in [-0.4, -0.2) is 38.7 Å². The number of nitrogens with zero attached hydrogens (tertiary/aromatic N) is 3. The van der Waals surface area contributed by atoms with Crippen LogP contribution >= 0.6 is 0 Å². The van der Waals surface area contributed by atoms with Gasteiger partial charge in [-0.1, -0.05) is 17.3 Å². The molecule has 0 saturated carbocycles. The maximum Gasteiger partial charge on any atom is 0.526 e. The molecule has 1 aliphatic heterocycles. The van der Waals surface area contributed by atoms with E-state index in [1.54, 1.807) is 12.1 Å². The number of Topliss-reactive ketones (excluding diaryl/α,β-unsaturated/α-hetero) is 2. The van der Waals surface area contributed by atoms with E-state index in [-0.39, 0.29) is 36.9 Å². The third kappa shape index (κ3) is 3.62. The summed E-state index contributed by atoms with van der Waals surface area (Å²) in [5.74, 6) is -0.196. The number of hydrogen-bond acceptors (Lipinski definition) is 7. The molecule has 1 aromatic heterocycles. The first-order valence-electron chi connectivity index (χ1n) is 8.06. The van der Waals surface area contributed by atoms with Crippen LogP contribution in [0.25, 0.3) is 0 Å². The van der Waals surface area contributed by atoms with Crippen LogP contribution < -0.4 is 10.4 Å². The van der Waals surface area contributed by atoms with Crippen molar-refractivity contribution >= 4 is 18.7 Å². The lowest BCUT2D eigenvalue weighted by atomic mass is 9.64. The minimum Gasteiger partial charge on any atom is -0.535 e. The lowest BCUT2D eigenvalue weighted by Crippen LogP contribution is -2.36. The first-order valence-corrected chi connectivity index (χ1v) is 8.06. The summed E-state index contributed by atoms with van der Waals surface area (Å²) in [4.78, 5) is 24.0. The fourth-order valence-corrected chi connectivity index (χ4v) is 3.03. The third-order valence-electron chi connectivity index (χ3n) is 4.32. The Morgan fingerprint density at radius 1 is 1.48 bits per heavy atom. The molecule has 0 aliphatic carbocycles. The highest BCUT2D eigenvalue weighted by molar-refractivity contribution is 6.47. The Morgan fingerprint density at radius 2 is 2.28 bits per heavy atom. The summed E-state index contributed by atoms with van der Waals surface area (Å²) >= 11 is 0. The van der Waals surface area contributed by atoms with E-state index in [2.05, 4.69) is 10.3 Å². The predicted molar refractivity (Wildman–Crippen MR) is 90.0 cm³/mol. The van der Waals surface area contributed by atoms with Gasteiger partial charge in [-0.3, -0.25) is 9.59 Å². The second-order valence-corrected chi connectivity index (χ2v) is 6.15. The number of hydrogen-bond donors (Lipinski definition) is 2. The number of fused-ring (bicyclic) bond motifs is 1. The molecule has 0 bridgehead atoms. The van der Waals surface area contributed by atoms with Crippen molar-refractivity contribution < 1.29 is 19.3 Å². The molecule has 0 fully saturated rings. The second kappa shape index (κ2) is 7.16. The van der Waals surface area contributed by atoms with E-state index in [0.717, 1.165) is 5.56 Å². The van der Waals surface area contributed by atoms with Crippen molar-refractivity contribution in [3.63, 3.8) is 0 Å². The van der Waals surface area contributed by atoms with Gasteiger partial charge in [0.2, 0.25) is 0 Å². The zero-order chi connectivity index (χ0) is 18.0. The van der Waals surface area contributed by atoms with Crippen LogP contribution in [0.4, 0.5) is 0 Å². The van der Waals surface area contributed by atoms with Gasteiger partial charge in [-0.2, -0.15) is 0 Å². The summed E-state index contributed by atoms with van der Waals surface area (Å²) in [5, 5.41) is 17.8. The van der Waals surface area contributed by atoms with E-state index < -0.39 is 7.12 Å². The number of carbonyl (C=O) groups excluding carboxylic acids is 2. The van der Waals surface area contributed by atoms with Crippen molar-refractivity contribution in [2.75, 3.05) is 0 Å². The Bertz CT molecular complexity index is 807. The van der Waals surface area contributed by atoms with Crippen molar-refractivity contribution in [1.82, 2.24) is 15.0 Å². The molecule has 0 radical (unpaired) electrons. The van der Waals surface area contributed by atoms with Gasteiger partial charge in [0.15, 0.2) is 11.6 Å². The first kappa shape index (κ1) is 17.3. The van der Waals surface area contributed by atoms with Crippen molar-refractivity contribution in [2.45, 2.75) is 38.7 Å². The normalized spacial score (nSPS) is 16.3. The van der Waals surface area contributed by atoms with Gasteiger partial charge < -0.3 is 15.4 Å².